The van der Waals surface area contributed by atoms with Crippen LogP contribution in [0.15, 0.2) is 60.7 Å². The van der Waals surface area contributed by atoms with Crippen LogP contribution in [0.3, 0.4) is 0 Å². The van der Waals surface area contributed by atoms with E-state index in [1.54, 1.807) is 0 Å². The highest BCUT2D eigenvalue weighted by Gasteiger charge is 2.18. The molecule has 17 heavy (non-hydrogen) atoms. The Kier molecular flexibility index (Phi) is 3.91. The first-order chi connectivity index (χ1) is 8.33. The SMILES string of the molecule is CN[C@H](c1ccccc1)[C@@H](N)c1ccccc1. The molecular formula is C15H18N2. The van der Waals surface area contributed by atoms with Crippen LogP contribution in [0.1, 0.15) is 23.2 Å². The summed E-state index contributed by atoms with van der Waals surface area (Å²) in [4.78, 5) is 0. The molecule has 0 radical (unpaired) electrons. The molecule has 0 unspecified atom stereocenters. The number of nitrogens with two attached hydrogens (primary N) is 1. The van der Waals surface area contributed by atoms with Crippen LogP contribution in [-0.2, 0) is 0 Å². The van der Waals surface area contributed by atoms with Crippen molar-refractivity contribution in [2.45, 2.75) is 12.1 Å². The van der Waals surface area contributed by atoms with Gasteiger partial charge in [0.1, 0.15) is 0 Å². The van der Waals surface area contributed by atoms with Crippen molar-refractivity contribution < 1.29 is 0 Å². The van der Waals surface area contributed by atoms with Gasteiger partial charge in [0.2, 0.25) is 0 Å². The summed E-state index contributed by atoms with van der Waals surface area (Å²) in [5, 5.41) is 3.29. The summed E-state index contributed by atoms with van der Waals surface area (Å²) in [6, 6.07) is 20.6. The molecule has 0 heterocycles. The number of hydrogen-bond acceptors (Lipinski definition) is 2. The van der Waals surface area contributed by atoms with Crippen molar-refractivity contribution in [2.75, 3.05) is 7.05 Å². The Morgan fingerprint density at radius 3 is 1.76 bits per heavy atom. The molecule has 2 atom stereocenters. The predicted octanol–water partition coefficient (Wildman–Crippen LogP) is 2.65. The molecule has 2 aromatic rings. The van der Waals surface area contributed by atoms with Crippen LogP contribution in [0.4, 0.5) is 0 Å². The van der Waals surface area contributed by atoms with Gasteiger partial charge >= 0.3 is 0 Å². The summed E-state index contributed by atoms with van der Waals surface area (Å²) in [6.45, 7) is 0. The van der Waals surface area contributed by atoms with Crippen LogP contribution in [0, 0.1) is 0 Å². The third kappa shape index (κ3) is 2.73. The largest absolute Gasteiger partial charge is 0.322 e. The van der Waals surface area contributed by atoms with Gasteiger partial charge in [0.25, 0.3) is 0 Å². The second-order valence-corrected chi connectivity index (χ2v) is 4.11. The molecule has 2 nitrogen and oxygen atoms in total. The Morgan fingerprint density at radius 2 is 1.29 bits per heavy atom. The molecular weight excluding hydrogens is 208 g/mol. The summed E-state index contributed by atoms with van der Waals surface area (Å²) < 4.78 is 0. The zero-order valence-electron chi connectivity index (χ0n) is 10.0. The quantitative estimate of drug-likeness (QED) is 0.841. The molecule has 0 saturated carbocycles. The van der Waals surface area contributed by atoms with Crippen molar-refractivity contribution in [3.05, 3.63) is 71.8 Å². The summed E-state index contributed by atoms with van der Waals surface area (Å²) >= 11 is 0. The molecule has 2 aromatic carbocycles. The lowest BCUT2D eigenvalue weighted by molar-refractivity contribution is 0.491. The summed E-state index contributed by atoms with van der Waals surface area (Å²) in [5.41, 5.74) is 8.68. The Balaban J connectivity index is 2.25. The fourth-order valence-corrected chi connectivity index (χ4v) is 2.08. The summed E-state index contributed by atoms with van der Waals surface area (Å²) in [6.07, 6.45) is 0. The van der Waals surface area contributed by atoms with E-state index in [0.29, 0.717) is 0 Å². The van der Waals surface area contributed by atoms with Crippen LogP contribution in [-0.4, -0.2) is 7.05 Å². The second kappa shape index (κ2) is 5.62. The molecule has 0 fully saturated rings. The molecule has 0 aliphatic heterocycles. The molecule has 0 saturated heterocycles. The first-order valence-corrected chi connectivity index (χ1v) is 5.85. The minimum atomic E-state index is -0.0383. The van der Waals surface area contributed by atoms with Crippen LogP contribution >= 0.6 is 0 Å². The van der Waals surface area contributed by atoms with E-state index in [-0.39, 0.29) is 12.1 Å². The highest BCUT2D eigenvalue weighted by Crippen LogP contribution is 2.25. The number of hydrogen-bond donors (Lipinski definition) is 2. The van der Waals surface area contributed by atoms with Gasteiger partial charge in [0.15, 0.2) is 0 Å². The fourth-order valence-electron chi connectivity index (χ4n) is 2.08. The third-order valence-corrected chi connectivity index (χ3v) is 3.01. The monoisotopic (exact) mass is 226 g/mol. The van der Waals surface area contributed by atoms with E-state index in [4.69, 9.17) is 5.73 Å². The highest BCUT2D eigenvalue weighted by atomic mass is 14.9. The van der Waals surface area contributed by atoms with Gasteiger partial charge in [0, 0.05) is 6.04 Å². The van der Waals surface area contributed by atoms with Gasteiger partial charge in [-0.05, 0) is 18.2 Å². The van der Waals surface area contributed by atoms with Gasteiger partial charge in [0.05, 0.1) is 6.04 Å². The minimum Gasteiger partial charge on any atom is -0.322 e. The molecule has 3 N–H and O–H groups in total. The second-order valence-electron chi connectivity index (χ2n) is 4.11. The van der Waals surface area contributed by atoms with E-state index in [1.165, 1.54) is 5.56 Å². The molecule has 2 heteroatoms. The number of benzene rings is 2. The lowest BCUT2D eigenvalue weighted by Crippen LogP contribution is -2.29. The molecule has 0 amide bonds. The summed E-state index contributed by atoms with van der Waals surface area (Å²) in [7, 11) is 1.94. The normalized spacial score (nSPS) is 14.2. The Hall–Kier alpha value is -1.64. The minimum absolute atomic E-state index is 0.0383. The van der Waals surface area contributed by atoms with E-state index in [9.17, 15) is 0 Å². The molecule has 0 spiro atoms. The zero-order valence-corrected chi connectivity index (χ0v) is 10.0. The van der Waals surface area contributed by atoms with Gasteiger partial charge in [-0.1, -0.05) is 60.7 Å². The van der Waals surface area contributed by atoms with Gasteiger partial charge in [-0.3, -0.25) is 0 Å². The molecule has 0 aromatic heterocycles. The third-order valence-electron chi connectivity index (χ3n) is 3.01. The predicted molar refractivity (Wildman–Crippen MR) is 71.6 cm³/mol. The Bertz CT molecular complexity index is 439. The molecule has 2 rings (SSSR count). The Labute approximate surface area is 102 Å². The molecule has 88 valence electrons. The van der Waals surface area contributed by atoms with E-state index in [0.717, 1.165) is 5.56 Å². The fraction of sp³-hybridized carbons (Fsp3) is 0.200. The topological polar surface area (TPSA) is 38.0 Å². The lowest BCUT2D eigenvalue weighted by atomic mass is 9.94. The van der Waals surface area contributed by atoms with Crippen LogP contribution in [0.5, 0.6) is 0 Å². The van der Waals surface area contributed by atoms with Crippen molar-refractivity contribution in [3.8, 4) is 0 Å². The lowest BCUT2D eigenvalue weighted by Gasteiger charge is -2.24. The number of nitrogens with one attached hydrogen (secondary N) is 1. The van der Waals surface area contributed by atoms with Crippen molar-refractivity contribution in [1.82, 2.24) is 5.32 Å². The first kappa shape index (κ1) is 11.8. The Morgan fingerprint density at radius 1 is 0.824 bits per heavy atom. The van der Waals surface area contributed by atoms with E-state index >= 15 is 0 Å². The number of rotatable bonds is 4. The maximum Gasteiger partial charge on any atom is 0.0513 e. The van der Waals surface area contributed by atoms with Crippen molar-refractivity contribution in [3.63, 3.8) is 0 Å². The van der Waals surface area contributed by atoms with Crippen molar-refractivity contribution in [2.24, 2.45) is 5.73 Å². The van der Waals surface area contributed by atoms with Crippen LogP contribution in [0.2, 0.25) is 0 Å². The molecule has 0 aliphatic carbocycles. The smallest absolute Gasteiger partial charge is 0.0513 e. The van der Waals surface area contributed by atoms with Gasteiger partial charge in [-0.15, -0.1) is 0 Å². The van der Waals surface area contributed by atoms with Crippen LogP contribution in [0.25, 0.3) is 0 Å². The standard InChI is InChI=1S/C15H18N2/c1-17-15(13-10-6-3-7-11-13)14(16)12-8-4-2-5-9-12/h2-11,14-15,17H,16H2,1H3/t14-,15+/m0/s1. The van der Waals surface area contributed by atoms with E-state index in [2.05, 4.69) is 29.6 Å². The van der Waals surface area contributed by atoms with Crippen molar-refractivity contribution >= 4 is 0 Å². The average molecular weight is 226 g/mol. The molecule has 0 aliphatic rings. The maximum absolute atomic E-state index is 6.32. The van der Waals surface area contributed by atoms with Gasteiger partial charge < -0.3 is 11.1 Å². The van der Waals surface area contributed by atoms with Crippen LogP contribution < -0.4 is 11.1 Å². The van der Waals surface area contributed by atoms with Crippen molar-refractivity contribution in [1.29, 1.82) is 0 Å². The summed E-state index contributed by atoms with van der Waals surface area (Å²) in [5.74, 6) is 0. The van der Waals surface area contributed by atoms with Gasteiger partial charge in [-0.25, -0.2) is 0 Å². The van der Waals surface area contributed by atoms with Gasteiger partial charge in [-0.2, -0.15) is 0 Å². The maximum atomic E-state index is 6.32. The zero-order chi connectivity index (χ0) is 12.1. The number of likely N-dealkylation sites (N-methyl/N-ethyl adjacent to an activating group) is 1. The van der Waals surface area contributed by atoms with E-state index < -0.39 is 0 Å². The average Bonchev–Trinajstić information content (AvgIpc) is 2.42. The first-order valence-electron chi connectivity index (χ1n) is 5.85. The molecule has 0 bridgehead atoms. The van der Waals surface area contributed by atoms with E-state index in [1.807, 2.05) is 43.4 Å². The highest BCUT2D eigenvalue weighted by molar-refractivity contribution is 5.27.